The maximum Gasteiger partial charge on any atom is 0.169 e. The monoisotopic (exact) mass is 255 g/mol. The second-order valence-electron chi connectivity index (χ2n) is 4.04. The summed E-state index contributed by atoms with van der Waals surface area (Å²) in [6.45, 7) is 8.28. The normalized spacial score (nSPS) is 11.2. The van der Waals surface area contributed by atoms with Gasteiger partial charge in [0.25, 0.3) is 0 Å². The van der Waals surface area contributed by atoms with E-state index in [-0.39, 0.29) is 12.1 Å². The Hall–Kier alpha value is -0.970. The molecule has 0 saturated heterocycles. The Morgan fingerprint density at radius 1 is 1.22 bits per heavy atom. The molecule has 3 nitrogen and oxygen atoms in total. The number of nitrogens with one attached hydrogen (secondary N) is 1. The summed E-state index contributed by atoms with van der Waals surface area (Å²) in [4.78, 5) is 0. The van der Waals surface area contributed by atoms with E-state index in [0.29, 0.717) is 26.3 Å². The van der Waals surface area contributed by atoms with E-state index < -0.39 is 0 Å². The molecule has 1 aromatic rings. The third kappa shape index (κ3) is 5.12. The van der Waals surface area contributed by atoms with Crippen molar-refractivity contribution < 1.29 is 13.9 Å². The zero-order valence-electron chi connectivity index (χ0n) is 11.3. The van der Waals surface area contributed by atoms with Gasteiger partial charge in [-0.05, 0) is 44.0 Å². The van der Waals surface area contributed by atoms with Crippen molar-refractivity contribution in [3.8, 4) is 0 Å². The van der Waals surface area contributed by atoms with Crippen LogP contribution in [0.5, 0.6) is 0 Å². The molecule has 0 aliphatic rings. The topological polar surface area (TPSA) is 30.5 Å². The predicted octanol–water partition coefficient (Wildman–Crippen LogP) is 2.62. The first-order valence-electron chi connectivity index (χ1n) is 6.36. The summed E-state index contributed by atoms with van der Waals surface area (Å²) in [5, 5.41) is 3.22. The fourth-order valence-electron chi connectivity index (χ4n) is 1.69. The lowest BCUT2D eigenvalue weighted by Crippen LogP contribution is -2.31. The van der Waals surface area contributed by atoms with Crippen LogP contribution >= 0.6 is 0 Å². The van der Waals surface area contributed by atoms with Crippen molar-refractivity contribution >= 4 is 0 Å². The van der Waals surface area contributed by atoms with E-state index >= 15 is 0 Å². The van der Waals surface area contributed by atoms with Gasteiger partial charge >= 0.3 is 0 Å². The van der Waals surface area contributed by atoms with Gasteiger partial charge in [0.15, 0.2) is 6.29 Å². The molecule has 0 aromatic heterocycles. The summed E-state index contributed by atoms with van der Waals surface area (Å²) < 4.78 is 23.9. The highest BCUT2D eigenvalue weighted by Gasteiger charge is 2.07. The van der Waals surface area contributed by atoms with Gasteiger partial charge in [0.2, 0.25) is 0 Å². The fraction of sp³-hybridized carbons (Fsp3) is 0.571. The molecular formula is C14H22FNO2. The molecule has 4 heteroatoms. The number of benzene rings is 1. The van der Waals surface area contributed by atoms with Gasteiger partial charge in [-0.15, -0.1) is 0 Å². The van der Waals surface area contributed by atoms with Crippen molar-refractivity contribution in [3.05, 3.63) is 35.1 Å². The van der Waals surface area contributed by atoms with Crippen LogP contribution in [0.2, 0.25) is 0 Å². The molecule has 0 unspecified atom stereocenters. The molecule has 1 N–H and O–H groups in total. The van der Waals surface area contributed by atoms with Crippen LogP contribution in [0.15, 0.2) is 18.2 Å². The van der Waals surface area contributed by atoms with Gasteiger partial charge in [0, 0.05) is 26.3 Å². The lowest BCUT2D eigenvalue weighted by atomic mass is 10.1. The Bertz CT molecular complexity index is 352. The van der Waals surface area contributed by atoms with Gasteiger partial charge in [-0.25, -0.2) is 4.39 Å². The molecule has 0 spiro atoms. The Morgan fingerprint density at radius 3 is 2.50 bits per heavy atom. The predicted molar refractivity (Wildman–Crippen MR) is 69.9 cm³/mol. The van der Waals surface area contributed by atoms with Crippen LogP contribution in [-0.2, 0) is 16.0 Å². The SMILES string of the molecule is CCOC(CNCc1cc(F)ccc1C)OCC. The van der Waals surface area contributed by atoms with Crippen molar-refractivity contribution in [1.29, 1.82) is 0 Å². The number of aryl methyl sites for hydroxylation is 1. The third-order valence-corrected chi connectivity index (χ3v) is 2.64. The zero-order chi connectivity index (χ0) is 13.4. The second kappa shape index (κ2) is 8.19. The van der Waals surface area contributed by atoms with Crippen LogP contribution < -0.4 is 5.32 Å². The average molecular weight is 255 g/mol. The smallest absolute Gasteiger partial charge is 0.169 e. The largest absolute Gasteiger partial charge is 0.352 e. The van der Waals surface area contributed by atoms with Gasteiger partial charge < -0.3 is 14.8 Å². The van der Waals surface area contributed by atoms with Gasteiger partial charge in [-0.3, -0.25) is 0 Å². The molecule has 102 valence electrons. The quantitative estimate of drug-likeness (QED) is 0.724. The van der Waals surface area contributed by atoms with Crippen molar-refractivity contribution in [2.24, 2.45) is 0 Å². The van der Waals surface area contributed by atoms with Crippen LogP contribution in [0, 0.1) is 12.7 Å². The standard InChI is InChI=1S/C14H22FNO2/c1-4-17-14(18-5-2)10-16-9-12-8-13(15)7-6-11(12)3/h6-8,14,16H,4-5,9-10H2,1-3H3. The van der Waals surface area contributed by atoms with E-state index in [0.717, 1.165) is 11.1 Å². The Morgan fingerprint density at radius 2 is 1.89 bits per heavy atom. The van der Waals surface area contributed by atoms with Gasteiger partial charge in [-0.2, -0.15) is 0 Å². The van der Waals surface area contributed by atoms with E-state index in [1.165, 1.54) is 6.07 Å². The van der Waals surface area contributed by atoms with Crippen LogP contribution in [0.1, 0.15) is 25.0 Å². The number of hydrogen-bond donors (Lipinski definition) is 1. The summed E-state index contributed by atoms with van der Waals surface area (Å²) in [6, 6.07) is 4.82. The summed E-state index contributed by atoms with van der Waals surface area (Å²) in [5.41, 5.74) is 2.04. The average Bonchev–Trinajstić information content (AvgIpc) is 2.34. The first-order chi connectivity index (χ1) is 8.67. The molecule has 0 heterocycles. The zero-order valence-corrected chi connectivity index (χ0v) is 11.3. The molecule has 0 fully saturated rings. The van der Waals surface area contributed by atoms with Crippen molar-refractivity contribution in [2.45, 2.75) is 33.6 Å². The second-order valence-corrected chi connectivity index (χ2v) is 4.04. The summed E-state index contributed by atoms with van der Waals surface area (Å²) in [5.74, 6) is -0.205. The van der Waals surface area contributed by atoms with E-state index in [9.17, 15) is 4.39 Å². The highest BCUT2D eigenvalue weighted by Crippen LogP contribution is 2.09. The van der Waals surface area contributed by atoms with Crippen molar-refractivity contribution in [1.82, 2.24) is 5.32 Å². The number of halogens is 1. The van der Waals surface area contributed by atoms with Crippen LogP contribution in [0.25, 0.3) is 0 Å². The maximum atomic E-state index is 13.1. The molecular weight excluding hydrogens is 233 g/mol. The van der Waals surface area contributed by atoms with Crippen LogP contribution in [0.3, 0.4) is 0 Å². The molecule has 0 radical (unpaired) electrons. The highest BCUT2D eigenvalue weighted by atomic mass is 19.1. The number of hydrogen-bond acceptors (Lipinski definition) is 3. The molecule has 1 rings (SSSR count). The summed E-state index contributed by atoms with van der Waals surface area (Å²) in [6.07, 6.45) is -0.242. The van der Waals surface area contributed by atoms with E-state index in [1.54, 1.807) is 12.1 Å². The highest BCUT2D eigenvalue weighted by molar-refractivity contribution is 5.26. The number of rotatable bonds is 8. The minimum absolute atomic E-state index is 0.205. The van der Waals surface area contributed by atoms with Crippen molar-refractivity contribution in [2.75, 3.05) is 19.8 Å². The third-order valence-electron chi connectivity index (χ3n) is 2.64. The van der Waals surface area contributed by atoms with E-state index in [1.807, 2.05) is 20.8 Å². The molecule has 0 bridgehead atoms. The van der Waals surface area contributed by atoms with Gasteiger partial charge in [0.05, 0.1) is 0 Å². The molecule has 0 saturated carbocycles. The summed E-state index contributed by atoms with van der Waals surface area (Å²) in [7, 11) is 0. The molecule has 0 atom stereocenters. The first kappa shape index (κ1) is 15.1. The molecule has 0 aliphatic carbocycles. The summed E-state index contributed by atoms with van der Waals surface area (Å²) >= 11 is 0. The lowest BCUT2D eigenvalue weighted by Gasteiger charge is -2.17. The van der Waals surface area contributed by atoms with Crippen LogP contribution in [0.4, 0.5) is 4.39 Å². The maximum absolute atomic E-state index is 13.1. The Balaban J connectivity index is 2.41. The van der Waals surface area contributed by atoms with Crippen molar-refractivity contribution in [3.63, 3.8) is 0 Å². The molecule has 18 heavy (non-hydrogen) atoms. The minimum Gasteiger partial charge on any atom is -0.352 e. The number of ether oxygens (including phenoxy) is 2. The first-order valence-corrected chi connectivity index (χ1v) is 6.36. The molecule has 0 aliphatic heterocycles. The van der Waals surface area contributed by atoms with Gasteiger partial charge in [0.1, 0.15) is 5.82 Å². The van der Waals surface area contributed by atoms with Gasteiger partial charge in [-0.1, -0.05) is 6.07 Å². The Kier molecular flexibility index (Phi) is 6.86. The molecule has 1 aromatic carbocycles. The lowest BCUT2D eigenvalue weighted by molar-refractivity contribution is -0.133. The molecule has 0 amide bonds. The fourth-order valence-corrected chi connectivity index (χ4v) is 1.69. The van der Waals surface area contributed by atoms with Crippen LogP contribution in [-0.4, -0.2) is 26.0 Å². The van der Waals surface area contributed by atoms with E-state index in [2.05, 4.69) is 5.32 Å². The van der Waals surface area contributed by atoms with E-state index in [4.69, 9.17) is 9.47 Å². The minimum atomic E-state index is -0.242. The Labute approximate surface area is 108 Å².